The van der Waals surface area contributed by atoms with E-state index < -0.39 is 0 Å². The molecule has 0 N–H and O–H groups in total. The second-order valence-electron chi connectivity index (χ2n) is 14.1. The molecule has 9 aromatic carbocycles. The highest BCUT2D eigenvalue weighted by atomic mass is 32.1. The Morgan fingerprint density at radius 3 is 1.77 bits per heavy atom. The average molecular weight is 627 g/mol. The highest BCUT2D eigenvalue weighted by molar-refractivity contribution is 7.26. The smallest absolute Gasteiger partial charge is 0.0437 e. The molecular formula is C47H30S. The summed E-state index contributed by atoms with van der Waals surface area (Å²) in [4.78, 5) is 0. The zero-order valence-electron chi connectivity index (χ0n) is 26.8. The van der Waals surface area contributed by atoms with Crippen LogP contribution in [0.5, 0.6) is 0 Å². The van der Waals surface area contributed by atoms with Crippen molar-refractivity contribution < 1.29 is 0 Å². The lowest BCUT2D eigenvalue weighted by molar-refractivity contribution is 0.661. The van der Waals surface area contributed by atoms with Gasteiger partial charge in [0.2, 0.25) is 0 Å². The largest absolute Gasteiger partial charge is 0.135 e. The van der Waals surface area contributed by atoms with Crippen LogP contribution in [0.2, 0.25) is 0 Å². The second kappa shape index (κ2) is 9.31. The van der Waals surface area contributed by atoms with Gasteiger partial charge in [-0.15, -0.1) is 11.3 Å². The molecular weight excluding hydrogens is 597 g/mol. The molecule has 0 spiro atoms. The first kappa shape index (κ1) is 26.6. The van der Waals surface area contributed by atoms with Crippen LogP contribution in [0.1, 0.15) is 25.0 Å². The summed E-state index contributed by atoms with van der Waals surface area (Å²) in [6.45, 7) is 4.80. The number of rotatable bonds is 2. The molecule has 1 heteroatoms. The molecule has 0 saturated heterocycles. The van der Waals surface area contributed by atoms with Gasteiger partial charge in [-0.1, -0.05) is 141 Å². The number of thiophene rings is 1. The Balaban J connectivity index is 1.12. The molecule has 224 valence electrons. The van der Waals surface area contributed by atoms with Gasteiger partial charge in [0.1, 0.15) is 0 Å². The van der Waals surface area contributed by atoms with Gasteiger partial charge in [-0.05, 0) is 100 Å². The molecule has 11 rings (SSSR count). The van der Waals surface area contributed by atoms with E-state index in [4.69, 9.17) is 0 Å². The molecule has 1 aromatic heterocycles. The molecule has 0 bridgehead atoms. The summed E-state index contributed by atoms with van der Waals surface area (Å²) in [6.07, 6.45) is 0. The fraction of sp³-hybridized carbons (Fsp3) is 0.0638. The minimum Gasteiger partial charge on any atom is -0.135 e. The molecule has 0 saturated carbocycles. The first-order chi connectivity index (χ1) is 23.5. The summed E-state index contributed by atoms with van der Waals surface area (Å²) in [5.74, 6) is 0. The van der Waals surface area contributed by atoms with Crippen LogP contribution in [-0.4, -0.2) is 0 Å². The number of hydrogen-bond acceptors (Lipinski definition) is 1. The van der Waals surface area contributed by atoms with E-state index in [0.717, 1.165) is 0 Å². The van der Waals surface area contributed by atoms with Crippen LogP contribution < -0.4 is 0 Å². The molecule has 1 aliphatic carbocycles. The van der Waals surface area contributed by atoms with E-state index in [1.54, 1.807) is 0 Å². The fourth-order valence-corrected chi connectivity index (χ4v) is 10.1. The topological polar surface area (TPSA) is 0 Å². The van der Waals surface area contributed by atoms with Gasteiger partial charge in [-0.25, -0.2) is 0 Å². The van der Waals surface area contributed by atoms with Crippen molar-refractivity contribution in [2.45, 2.75) is 19.3 Å². The maximum Gasteiger partial charge on any atom is 0.0437 e. The Labute approximate surface area is 282 Å². The van der Waals surface area contributed by atoms with Gasteiger partial charge >= 0.3 is 0 Å². The van der Waals surface area contributed by atoms with Crippen molar-refractivity contribution in [2.75, 3.05) is 0 Å². The minimum atomic E-state index is -0.0798. The third-order valence-corrected chi connectivity index (χ3v) is 12.4. The highest BCUT2D eigenvalue weighted by Crippen LogP contribution is 2.55. The first-order valence-electron chi connectivity index (χ1n) is 16.8. The lowest BCUT2D eigenvalue weighted by Crippen LogP contribution is -2.14. The van der Waals surface area contributed by atoms with Crippen LogP contribution in [-0.2, 0) is 5.41 Å². The Morgan fingerprint density at radius 1 is 0.417 bits per heavy atom. The van der Waals surface area contributed by atoms with E-state index in [1.165, 1.54) is 108 Å². The molecule has 0 radical (unpaired) electrons. The maximum atomic E-state index is 2.49. The number of benzene rings is 9. The van der Waals surface area contributed by atoms with Gasteiger partial charge in [-0.2, -0.15) is 0 Å². The van der Waals surface area contributed by atoms with Crippen molar-refractivity contribution in [1.29, 1.82) is 0 Å². The molecule has 0 amide bonds. The molecule has 1 aliphatic rings. The van der Waals surface area contributed by atoms with Gasteiger partial charge in [0, 0.05) is 31.2 Å². The summed E-state index contributed by atoms with van der Waals surface area (Å²) >= 11 is 1.94. The minimum absolute atomic E-state index is 0.0798. The zero-order valence-corrected chi connectivity index (χ0v) is 27.6. The molecule has 0 unspecified atom stereocenters. The van der Waals surface area contributed by atoms with Crippen LogP contribution >= 0.6 is 11.3 Å². The fourth-order valence-electron chi connectivity index (χ4n) is 8.83. The van der Waals surface area contributed by atoms with E-state index in [1.807, 2.05) is 11.3 Å². The van der Waals surface area contributed by atoms with E-state index in [9.17, 15) is 0 Å². The van der Waals surface area contributed by atoms with Gasteiger partial charge < -0.3 is 0 Å². The molecule has 0 nitrogen and oxygen atoms in total. The lowest BCUT2D eigenvalue weighted by atomic mass is 9.81. The second-order valence-corrected chi connectivity index (χ2v) is 15.1. The molecule has 0 atom stereocenters. The van der Waals surface area contributed by atoms with E-state index in [2.05, 4.69) is 159 Å². The predicted octanol–water partition coefficient (Wildman–Crippen LogP) is 13.7. The quantitative estimate of drug-likeness (QED) is 0.168. The Morgan fingerprint density at radius 2 is 1.00 bits per heavy atom. The van der Waals surface area contributed by atoms with Crippen LogP contribution in [0.15, 0.2) is 146 Å². The van der Waals surface area contributed by atoms with Crippen molar-refractivity contribution in [3.63, 3.8) is 0 Å². The monoisotopic (exact) mass is 626 g/mol. The first-order valence-corrected chi connectivity index (χ1v) is 17.7. The summed E-state index contributed by atoms with van der Waals surface area (Å²) < 4.78 is 2.78. The summed E-state index contributed by atoms with van der Waals surface area (Å²) in [5, 5.41) is 13.2. The summed E-state index contributed by atoms with van der Waals surface area (Å²) in [6, 6.07) is 54.9. The third kappa shape index (κ3) is 3.44. The SMILES string of the molecule is CC1(C)c2cc(-c3ccc4ccc5c(-c6ccc7ccccc7c6)ccc6ccc3c4c65)ccc2-c2c1ccc1c2sc2ccccc21. The van der Waals surface area contributed by atoms with Gasteiger partial charge in [0.05, 0.1) is 0 Å². The molecule has 1 heterocycles. The van der Waals surface area contributed by atoms with Crippen LogP contribution in [0.4, 0.5) is 0 Å². The van der Waals surface area contributed by atoms with Crippen LogP contribution in [0, 0.1) is 0 Å². The maximum absolute atomic E-state index is 2.49. The van der Waals surface area contributed by atoms with Crippen LogP contribution in [0.3, 0.4) is 0 Å². The lowest BCUT2D eigenvalue weighted by Gasteiger charge is -2.22. The number of fused-ring (bicyclic) bond motifs is 8. The van der Waals surface area contributed by atoms with E-state index in [-0.39, 0.29) is 5.41 Å². The van der Waals surface area contributed by atoms with Crippen molar-refractivity contribution in [3.05, 3.63) is 157 Å². The molecule has 48 heavy (non-hydrogen) atoms. The Kier molecular flexibility index (Phi) is 5.15. The van der Waals surface area contributed by atoms with Gasteiger partial charge in [0.25, 0.3) is 0 Å². The Hall–Kier alpha value is -5.50. The molecule has 10 aromatic rings. The predicted molar refractivity (Wildman–Crippen MR) is 209 cm³/mol. The van der Waals surface area contributed by atoms with Gasteiger partial charge in [0.15, 0.2) is 0 Å². The van der Waals surface area contributed by atoms with E-state index in [0.29, 0.717) is 0 Å². The van der Waals surface area contributed by atoms with Gasteiger partial charge in [-0.3, -0.25) is 0 Å². The average Bonchev–Trinajstić information content (AvgIpc) is 3.62. The van der Waals surface area contributed by atoms with Crippen molar-refractivity contribution in [2.24, 2.45) is 0 Å². The zero-order chi connectivity index (χ0) is 31.7. The van der Waals surface area contributed by atoms with Crippen molar-refractivity contribution in [1.82, 2.24) is 0 Å². The summed E-state index contributed by atoms with van der Waals surface area (Å²) in [7, 11) is 0. The normalized spacial score (nSPS) is 13.8. The standard InChI is InChI=1S/C47H30S/c1-47(2)40-24-23-38-35-9-5-6-10-42(35)48-46(38)45(40)39-22-17-32(26-41(39)47)34-19-14-29-15-20-36-33(18-13-28-16-21-37(34)44(29)43(28)36)31-12-11-27-7-3-4-8-30(27)25-31/h3-26H,1-2H3. The van der Waals surface area contributed by atoms with Crippen LogP contribution in [0.25, 0.3) is 96.6 Å². The van der Waals surface area contributed by atoms with Crippen molar-refractivity contribution in [3.8, 4) is 33.4 Å². The number of hydrogen-bond donors (Lipinski definition) is 0. The highest BCUT2D eigenvalue weighted by Gasteiger charge is 2.37. The van der Waals surface area contributed by atoms with E-state index >= 15 is 0 Å². The summed E-state index contributed by atoms with van der Waals surface area (Å²) in [5.41, 5.74) is 10.7. The molecule has 0 fully saturated rings. The Bertz CT molecular complexity index is 2970. The third-order valence-electron chi connectivity index (χ3n) is 11.2. The molecule has 0 aliphatic heterocycles. The van der Waals surface area contributed by atoms with Crippen molar-refractivity contribution >= 4 is 74.6 Å².